The standard InChI is InChI=1S/C17H15FINO/c1-2-20-17(11-3-6-14(19)7-4-11)16-10-12-9-13(18)5-8-15(12)21-16/h3-10,17,20H,2H2,1H3. The number of rotatable bonds is 4. The molecule has 3 rings (SSSR count). The van der Waals surface area contributed by atoms with Gasteiger partial charge >= 0.3 is 0 Å². The Morgan fingerprint density at radius 3 is 2.62 bits per heavy atom. The Hall–Kier alpha value is -1.40. The van der Waals surface area contributed by atoms with Crippen LogP contribution in [0.5, 0.6) is 0 Å². The Kier molecular flexibility index (Phi) is 4.26. The molecule has 21 heavy (non-hydrogen) atoms. The van der Waals surface area contributed by atoms with Crippen molar-refractivity contribution in [2.75, 3.05) is 6.54 Å². The molecule has 2 nitrogen and oxygen atoms in total. The van der Waals surface area contributed by atoms with Crippen molar-refractivity contribution in [3.05, 3.63) is 69.2 Å². The van der Waals surface area contributed by atoms with Gasteiger partial charge in [0.05, 0.1) is 6.04 Å². The van der Waals surface area contributed by atoms with Crippen LogP contribution in [0, 0.1) is 9.39 Å². The second-order valence-corrected chi connectivity index (χ2v) is 6.12. The predicted octanol–water partition coefficient (Wildman–Crippen LogP) is 4.88. The van der Waals surface area contributed by atoms with Crippen molar-refractivity contribution in [3.63, 3.8) is 0 Å². The molecule has 2 aromatic carbocycles. The van der Waals surface area contributed by atoms with Gasteiger partial charge in [-0.3, -0.25) is 0 Å². The van der Waals surface area contributed by atoms with Crippen LogP contribution in [0.25, 0.3) is 11.0 Å². The van der Waals surface area contributed by atoms with E-state index in [4.69, 9.17) is 4.42 Å². The van der Waals surface area contributed by atoms with E-state index < -0.39 is 0 Å². The molecule has 108 valence electrons. The smallest absolute Gasteiger partial charge is 0.134 e. The van der Waals surface area contributed by atoms with Crippen molar-refractivity contribution >= 4 is 33.6 Å². The van der Waals surface area contributed by atoms with Gasteiger partial charge in [0.1, 0.15) is 17.2 Å². The molecule has 0 fully saturated rings. The number of benzene rings is 2. The third kappa shape index (κ3) is 3.11. The van der Waals surface area contributed by atoms with E-state index in [1.54, 1.807) is 6.07 Å². The summed E-state index contributed by atoms with van der Waals surface area (Å²) < 4.78 is 20.4. The lowest BCUT2D eigenvalue weighted by atomic mass is 10.0. The Labute approximate surface area is 136 Å². The minimum atomic E-state index is -0.246. The van der Waals surface area contributed by atoms with Gasteiger partial charge in [0.25, 0.3) is 0 Å². The zero-order valence-electron chi connectivity index (χ0n) is 11.6. The lowest BCUT2D eigenvalue weighted by molar-refractivity contribution is 0.477. The molecule has 1 aromatic heterocycles. The molecule has 0 aliphatic heterocycles. The maximum atomic E-state index is 13.3. The Balaban J connectivity index is 2.04. The van der Waals surface area contributed by atoms with Gasteiger partial charge in [-0.2, -0.15) is 0 Å². The summed E-state index contributed by atoms with van der Waals surface area (Å²) in [7, 11) is 0. The van der Waals surface area contributed by atoms with Gasteiger partial charge in [-0.05, 0) is 71.1 Å². The van der Waals surface area contributed by atoms with Crippen LogP contribution in [-0.2, 0) is 0 Å². The molecule has 0 aliphatic carbocycles. The van der Waals surface area contributed by atoms with Crippen molar-refractivity contribution in [2.24, 2.45) is 0 Å². The van der Waals surface area contributed by atoms with E-state index in [0.717, 1.165) is 23.3 Å². The highest BCUT2D eigenvalue weighted by molar-refractivity contribution is 14.1. The molecular formula is C17H15FINO. The van der Waals surface area contributed by atoms with Crippen LogP contribution in [0.4, 0.5) is 4.39 Å². The van der Waals surface area contributed by atoms with Crippen molar-refractivity contribution in [3.8, 4) is 0 Å². The molecule has 0 bridgehead atoms. The van der Waals surface area contributed by atoms with Gasteiger partial charge in [-0.25, -0.2) is 4.39 Å². The van der Waals surface area contributed by atoms with Gasteiger partial charge in [0.2, 0.25) is 0 Å². The average molecular weight is 395 g/mol. The molecule has 0 saturated heterocycles. The van der Waals surface area contributed by atoms with E-state index in [-0.39, 0.29) is 11.9 Å². The summed E-state index contributed by atoms with van der Waals surface area (Å²) in [5.41, 5.74) is 1.84. The van der Waals surface area contributed by atoms with Gasteiger partial charge < -0.3 is 9.73 Å². The minimum Gasteiger partial charge on any atom is -0.459 e. The minimum absolute atomic E-state index is 0.0255. The molecule has 0 saturated carbocycles. The summed E-state index contributed by atoms with van der Waals surface area (Å²) >= 11 is 2.29. The molecule has 1 unspecified atom stereocenters. The second kappa shape index (κ2) is 6.15. The number of halogens is 2. The van der Waals surface area contributed by atoms with Gasteiger partial charge in [-0.1, -0.05) is 19.1 Å². The van der Waals surface area contributed by atoms with E-state index in [9.17, 15) is 4.39 Å². The molecule has 0 spiro atoms. The third-order valence-electron chi connectivity index (χ3n) is 3.39. The van der Waals surface area contributed by atoms with Crippen molar-refractivity contribution < 1.29 is 8.81 Å². The van der Waals surface area contributed by atoms with E-state index in [1.165, 1.54) is 15.7 Å². The topological polar surface area (TPSA) is 25.2 Å². The number of fused-ring (bicyclic) bond motifs is 1. The zero-order chi connectivity index (χ0) is 14.8. The number of hydrogen-bond donors (Lipinski definition) is 1. The van der Waals surface area contributed by atoms with Crippen LogP contribution >= 0.6 is 22.6 Å². The maximum Gasteiger partial charge on any atom is 0.134 e. The molecule has 3 aromatic rings. The first-order valence-electron chi connectivity index (χ1n) is 6.85. The molecule has 4 heteroatoms. The fourth-order valence-electron chi connectivity index (χ4n) is 2.42. The summed E-state index contributed by atoms with van der Waals surface area (Å²) in [6.07, 6.45) is 0. The van der Waals surface area contributed by atoms with Crippen LogP contribution in [0.1, 0.15) is 24.3 Å². The average Bonchev–Trinajstić information content (AvgIpc) is 2.88. The summed E-state index contributed by atoms with van der Waals surface area (Å²) in [6.45, 7) is 2.88. The van der Waals surface area contributed by atoms with E-state index in [2.05, 4.69) is 59.1 Å². The monoisotopic (exact) mass is 395 g/mol. The van der Waals surface area contributed by atoms with Crippen molar-refractivity contribution in [2.45, 2.75) is 13.0 Å². The highest BCUT2D eigenvalue weighted by Gasteiger charge is 2.17. The first kappa shape index (κ1) is 14.5. The Bertz CT molecular complexity index is 751. The number of nitrogens with one attached hydrogen (secondary N) is 1. The summed E-state index contributed by atoms with van der Waals surface area (Å²) in [4.78, 5) is 0. The van der Waals surface area contributed by atoms with Gasteiger partial charge in [0, 0.05) is 8.96 Å². The largest absolute Gasteiger partial charge is 0.459 e. The van der Waals surface area contributed by atoms with Gasteiger partial charge in [0.15, 0.2) is 0 Å². The van der Waals surface area contributed by atoms with Crippen LogP contribution < -0.4 is 5.32 Å². The molecule has 1 atom stereocenters. The van der Waals surface area contributed by atoms with Crippen LogP contribution in [0.3, 0.4) is 0 Å². The fraction of sp³-hybridized carbons (Fsp3) is 0.176. The van der Waals surface area contributed by atoms with Crippen LogP contribution in [0.2, 0.25) is 0 Å². The Morgan fingerprint density at radius 1 is 1.14 bits per heavy atom. The van der Waals surface area contributed by atoms with Gasteiger partial charge in [-0.15, -0.1) is 0 Å². The van der Waals surface area contributed by atoms with Crippen LogP contribution in [-0.4, -0.2) is 6.54 Å². The van der Waals surface area contributed by atoms with E-state index in [1.807, 2.05) is 6.07 Å². The zero-order valence-corrected chi connectivity index (χ0v) is 13.7. The first-order chi connectivity index (χ1) is 10.2. The molecule has 0 aliphatic rings. The first-order valence-corrected chi connectivity index (χ1v) is 7.93. The second-order valence-electron chi connectivity index (χ2n) is 4.87. The number of furan rings is 1. The highest BCUT2D eigenvalue weighted by atomic mass is 127. The lowest BCUT2D eigenvalue weighted by Gasteiger charge is -2.16. The molecule has 0 amide bonds. The van der Waals surface area contributed by atoms with Crippen LogP contribution in [0.15, 0.2) is 52.9 Å². The van der Waals surface area contributed by atoms with E-state index in [0.29, 0.717) is 5.58 Å². The SMILES string of the molecule is CCNC(c1ccc(I)cc1)c1cc2cc(F)ccc2o1. The maximum absolute atomic E-state index is 13.3. The highest BCUT2D eigenvalue weighted by Crippen LogP contribution is 2.29. The molecule has 1 N–H and O–H groups in total. The molecule has 1 heterocycles. The van der Waals surface area contributed by atoms with E-state index >= 15 is 0 Å². The lowest BCUT2D eigenvalue weighted by Crippen LogP contribution is -2.21. The molecule has 0 radical (unpaired) electrons. The summed E-state index contributed by atoms with van der Waals surface area (Å²) in [5.74, 6) is 0.558. The van der Waals surface area contributed by atoms with Crippen molar-refractivity contribution in [1.29, 1.82) is 0 Å². The molecular weight excluding hydrogens is 380 g/mol. The Morgan fingerprint density at radius 2 is 1.90 bits per heavy atom. The fourth-order valence-corrected chi connectivity index (χ4v) is 2.78. The van der Waals surface area contributed by atoms with Crippen molar-refractivity contribution in [1.82, 2.24) is 5.32 Å². The predicted molar refractivity (Wildman–Crippen MR) is 90.9 cm³/mol. The normalized spacial score (nSPS) is 12.7. The third-order valence-corrected chi connectivity index (χ3v) is 4.11. The number of hydrogen-bond acceptors (Lipinski definition) is 2. The summed E-state index contributed by atoms with van der Waals surface area (Å²) in [5, 5.41) is 4.21. The summed E-state index contributed by atoms with van der Waals surface area (Å²) in [6, 6.07) is 14.8. The quantitative estimate of drug-likeness (QED) is 0.638.